The second kappa shape index (κ2) is 48.9. The molecule has 4 aliphatic rings. The van der Waals surface area contributed by atoms with E-state index in [1.165, 1.54) is 257 Å². The lowest BCUT2D eigenvalue weighted by Gasteiger charge is -2.02. The Morgan fingerprint density at radius 2 is 0.294 bits per heavy atom. The van der Waals surface area contributed by atoms with Gasteiger partial charge in [-0.2, -0.15) is 0 Å². The Bertz CT molecular complexity index is 539. The van der Waals surface area contributed by atoms with Crippen LogP contribution in [0.25, 0.3) is 0 Å². The van der Waals surface area contributed by atoms with Gasteiger partial charge in [-0.25, -0.2) is 0 Å². The summed E-state index contributed by atoms with van der Waals surface area (Å²) in [7, 11) is 0. The van der Waals surface area contributed by atoms with Crippen molar-refractivity contribution in [3.8, 4) is 0 Å². The number of aliphatic hydroxyl groups is 1. The van der Waals surface area contributed by atoms with Gasteiger partial charge in [-0.3, -0.25) is 0 Å². The summed E-state index contributed by atoms with van der Waals surface area (Å²) in [5, 5.41) is 7.57. The summed E-state index contributed by atoms with van der Waals surface area (Å²) in [6.07, 6.45) is 76.0. The first-order valence-corrected chi connectivity index (χ1v) is 23.6. The Kier molecular flexibility index (Phi) is 47.9. The van der Waals surface area contributed by atoms with Crippen molar-refractivity contribution in [2.75, 3.05) is 6.61 Å². The van der Waals surface area contributed by atoms with Crippen LogP contribution in [0.1, 0.15) is 264 Å². The highest BCUT2D eigenvalue weighted by Crippen LogP contribution is 2.16. The van der Waals surface area contributed by atoms with E-state index in [0.29, 0.717) is 0 Å². The fourth-order valence-corrected chi connectivity index (χ4v) is 7.28. The van der Waals surface area contributed by atoms with Gasteiger partial charge in [-0.15, -0.1) is 0 Å². The Morgan fingerprint density at radius 3 is 0.392 bits per heavy atom. The molecule has 0 bridgehead atoms. The second-order valence-electron chi connectivity index (χ2n) is 15.8. The van der Waals surface area contributed by atoms with E-state index in [-0.39, 0.29) is 6.61 Å². The van der Waals surface area contributed by atoms with Crippen LogP contribution in [0.4, 0.5) is 0 Å². The van der Waals surface area contributed by atoms with Crippen LogP contribution < -0.4 is 0 Å². The van der Waals surface area contributed by atoms with Crippen LogP contribution in [0.3, 0.4) is 0 Å². The van der Waals surface area contributed by atoms with Crippen molar-refractivity contribution in [3.05, 3.63) is 48.6 Å². The second-order valence-corrected chi connectivity index (χ2v) is 15.8. The van der Waals surface area contributed by atoms with E-state index in [2.05, 4.69) is 48.6 Å². The molecular weight excluding hydrogens is 617 g/mol. The van der Waals surface area contributed by atoms with E-state index in [9.17, 15) is 0 Å². The van der Waals surface area contributed by atoms with Gasteiger partial charge in [-0.05, 0) is 110 Å². The maximum Gasteiger partial charge on any atom is 0.0402 e. The molecule has 300 valence electrons. The Labute approximate surface area is 323 Å². The van der Waals surface area contributed by atoms with Crippen LogP contribution >= 0.6 is 0 Å². The Hall–Kier alpha value is -1.08. The first-order valence-electron chi connectivity index (χ1n) is 23.6. The van der Waals surface area contributed by atoms with Gasteiger partial charge in [0.2, 0.25) is 0 Å². The molecular formula is C50H94O. The van der Waals surface area contributed by atoms with Gasteiger partial charge in [-0.1, -0.05) is 203 Å². The van der Waals surface area contributed by atoms with Crippen molar-refractivity contribution in [1.29, 1.82) is 0 Å². The molecule has 0 aromatic heterocycles. The van der Waals surface area contributed by atoms with E-state index in [1.54, 1.807) is 6.92 Å². The largest absolute Gasteiger partial charge is 0.397 e. The third-order valence-electron chi connectivity index (χ3n) is 10.6. The zero-order valence-corrected chi connectivity index (χ0v) is 35.1. The fraction of sp³-hybridized carbons (Fsp3) is 0.840. The number of rotatable bonds is 0. The topological polar surface area (TPSA) is 20.2 Å². The summed E-state index contributed by atoms with van der Waals surface area (Å²) in [5.74, 6) is 0. The van der Waals surface area contributed by atoms with Crippen LogP contribution in [-0.2, 0) is 0 Å². The van der Waals surface area contributed by atoms with Gasteiger partial charge >= 0.3 is 0 Å². The van der Waals surface area contributed by atoms with Gasteiger partial charge < -0.3 is 5.11 Å². The third kappa shape index (κ3) is 48.9. The van der Waals surface area contributed by atoms with Crippen LogP contribution in [0, 0.1) is 0 Å². The average molecular weight is 711 g/mol. The summed E-state index contributed by atoms with van der Waals surface area (Å²) in [6, 6.07) is 0. The molecule has 0 fully saturated rings. The number of aliphatic hydroxyl groups excluding tert-OH is 1. The zero-order chi connectivity index (χ0) is 36.6. The maximum atomic E-state index is 7.57. The van der Waals surface area contributed by atoms with Gasteiger partial charge in [0.25, 0.3) is 0 Å². The predicted octanol–water partition coefficient (Wildman–Crippen LogP) is 17.8. The van der Waals surface area contributed by atoms with Crippen molar-refractivity contribution < 1.29 is 5.11 Å². The first kappa shape index (κ1) is 49.9. The quantitative estimate of drug-likeness (QED) is 0.248. The smallest absolute Gasteiger partial charge is 0.0402 e. The standard InChI is InChI=1S/4C12H22.C2H6O/c4*1-2-4-6-8-10-12-11-9-7-5-3-1;1-2-3/h4*1-2H,3-12H2;3H,2H2,1H3. The minimum Gasteiger partial charge on any atom is -0.397 e. The molecule has 0 aromatic rings. The van der Waals surface area contributed by atoms with Gasteiger partial charge in [0.05, 0.1) is 0 Å². The lowest BCUT2D eigenvalue weighted by Crippen LogP contribution is -1.82. The molecule has 0 amide bonds. The van der Waals surface area contributed by atoms with E-state index in [4.69, 9.17) is 5.11 Å². The molecule has 1 nitrogen and oxygen atoms in total. The molecule has 51 heavy (non-hydrogen) atoms. The van der Waals surface area contributed by atoms with Gasteiger partial charge in [0.15, 0.2) is 0 Å². The molecule has 0 saturated heterocycles. The van der Waals surface area contributed by atoms with E-state index in [1.807, 2.05) is 0 Å². The molecule has 0 radical (unpaired) electrons. The third-order valence-corrected chi connectivity index (χ3v) is 10.6. The number of hydrogen-bond donors (Lipinski definition) is 1. The van der Waals surface area contributed by atoms with Crippen molar-refractivity contribution in [1.82, 2.24) is 0 Å². The Balaban J connectivity index is 0.000000636. The Morgan fingerprint density at radius 1 is 0.216 bits per heavy atom. The minimum absolute atomic E-state index is 0.250. The monoisotopic (exact) mass is 711 g/mol. The van der Waals surface area contributed by atoms with E-state index < -0.39 is 0 Å². The SMILES string of the molecule is C1=CCCCCCCCCCC1.C1=CCCCCCCCCCC1.C1=CCCCCCCCCCC1.C1=CCCCCCCCCCC1.CCO. The van der Waals surface area contributed by atoms with Crippen LogP contribution in [-0.4, -0.2) is 11.7 Å². The normalized spacial score (nSPS) is 21.7. The average Bonchev–Trinajstić information content (AvgIpc) is 3.11. The molecule has 0 unspecified atom stereocenters. The predicted molar refractivity (Wildman–Crippen MR) is 234 cm³/mol. The van der Waals surface area contributed by atoms with Crippen molar-refractivity contribution in [3.63, 3.8) is 0 Å². The minimum atomic E-state index is 0.250. The summed E-state index contributed by atoms with van der Waals surface area (Å²) in [5.41, 5.74) is 0. The highest BCUT2D eigenvalue weighted by atomic mass is 16.2. The van der Waals surface area contributed by atoms with Crippen molar-refractivity contribution in [2.45, 2.75) is 264 Å². The van der Waals surface area contributed by atoms with Crippen LogP contribution in [0.5, 0.6) is 0 Å². The lowest BCUT2D eigenvalue weighted by molar-refractivity contribution is 0.318. The molecule has 4 aliphatic carbocycles. The highest BCUT2D eigenvalue weighted by molar-refractivity contribution is 4.83. The van der Waals surface area contributed by atoms with Gasteiger partial charge in [0, 0.05) is 6.61 Å². The maximum absolute atomic E-state index is 7.57. The van der Waals surface area contributed by atoms with Crippen molar-refractivity contribution >= 4 is 0 Å². The van der Waals surface area contributed by atoms with E-state index in [0.717, 1.165) is 0 Å². The molecule has 0 aliphatic heterocycles. The highest BCUT2D eigenvalue weighted by Gasteiger charge is 1.96. The van der Waals surface area contributed by atoms with Crippen LogP contribution in [0.2, 0.25) is 0 Å². The number of allylic oxidation sites excluding steroid dienone is 8. The first-order chi connectivity index (χ1) is 25.4. The summed E-state index contributed by atoms with van der Waals surface area (Å²) < 4.78 is 0. The summed E-state index contributed by atoms with van der Waals surface area (Å²) >= 11 is 0. The molecule has 0 saturated carbocycles. The zero-order valence-electron chi connectivity index (χ0n) is 35.1. The van der Waals surface area contributed by atoms with Gasteiger partial charge in [0.1, 0.15) is 0 Å². The fourth-order valence-electron chi connectivity index (χ4n) is 7.28. The molecule has 4 rings (SSSR count). The number of hydrogen-bond acceptors (Lipinski definition) is 1. The molecule has 0 aromatic carbocycles. The molecule has 0 spiro atoms. The summed E-state index contributed by atoms with van der Waals surface area (Å²) in [6.45, 7) is 1.93. The lowest BCUT2D eigenvalue weighted by atomic mass is 10.0. The summed E-state index contributed by atoms with van der Waals surface area (Å²) in [4.78, 5) is 0. The van der Waals surface area contributed by atoms with E-state index >= 15 is 0 Å². The molecule has 1 N–H and O–H groups in total. The molecule has 1 heteroatoms. The molecule has 0 atom stereocenters. The van der Waals surface area contributed by atoms with Crippen LogP contribution in [0.15, 0.2) is 48.6 Å². The molecule has 0 heterocycles. The van der Waals surface area contributed by atoms with Crippen molar-refractivity contribution in [2.24, 2.45) is 0 Å².